The molecule has 0 unspecified atom stereocenters. The Bertz CT molecular complexity index is 545. The van der Waals surface area contributed by atoms with Crippen LogP contribution in [0.4, 0.5) is 0 Å². The summed E-state index contributed by atoms with van der Waals surface area (Å²) >= 11 is 0. The van der Waals surface area contributed by atoms with Gasteiger partial charge >= 0.3 is 5.89 Å². The van der Waals surface area contributed by atoms with Crippen molar-refractivity contribution >= 4 is 17.1 Å². The zero-order chi connectivity index (χ0) is 13.0. The number of fused-ring (bicyclic) bond motifs is 1. The molecule has 0 amide bonds. The first-order valence-electron chi connectivity index (χ1n) is 6.36. The number of hydrogen-bond donors (Lipinski definition) is 0. The molecule has 0 atom stereocenters. The van der Waals surface area contributed by atoms with E-state index < -0.39 is 5.97 Å². The summed E-state index contributed by atoms with van der Waals surface area (Å²) in [5, 5.41) is 11.1. The maximum atomic E-state index is 11.1. The molecule has 0 N–H and O–H groups in total. The lowest BCUT2D eigenvalue weighted by atomic mass is 10.2. The second-order valence-electron chi connectivity index (χ2n) is 4.37. The number of unbranched alkanes of at least 4 members (excludes halogenated alkanes) is 3. The number of carbonyl (C=O) groups excluding carboxylic acids is 1. The van der Waals surface area contributed by atoms with Crippen LogP contribution < -0.4 is 9.67 Å². The number of benzene rings is 1. The Hall–Kier alpha value is -1.84. The maximum Gasteiger partial charge on any atom is 0.397 e. The molecular weight excluding hydrogens is 230 g/mol. The summed E-state index contributed by atoms with van der Waals surface area (Å²) in [4.78, 5) is 11.1. The highest BCUT2D eigenvalue weighted by atomic mass is 16.4. The summed E-state index contributed by atoms with van der Waals surface area (Å²) in [6.45, 7) is 2.80. The summed E-state index contributed by atoms with van der Waals surface area (Å²) in [5.74, 6) is -1.35. The molecule has 0 spiro atoms. The zero-order valence-corrected chi connectivity index (χ0v) is 10.5. The summed E-state index contributed by atoms with van der Waals surface area (Å²) in [6, 6.07) is 7.33. The van der Waals surface area contributed by atoms with Gasteiger partial charge in [0.2, 0.25) is 5.58 Å². The molecule has 0 bridgehead atoms. The Morgan fingerprint density at radius 1 is 1.28 bits per heavy atom. The summed E-state index contributed by atoms with van der Waals surface area (Å²) in [7, 11) is 0. The smallest absolute Gasteiger partial charge is 0.397 e. The van der Waals surface area contributed by atoms with E-state index in [4.69, 9.17) is 4.42 Å². The Labute approximate surface area is 106 Å². The van der Waals surface area contributed by atoms with Crippen LogP contribution in [0.1, 0.15) is 43.3 Å². The molecule has 4 nitrogen and oxygen atoms in total. The lowest BCUT2D eigenvalue weighted by molar-refractivity contribution is -0.681. The average Bonchev–Trinajstić information content (AvgIpc) is 2.74. The van der Waals surface area contributed by atoms with Gasteiger partial charge in [-0.15, -0.1) is 0 Å². The monoisotopic (exact) mass is 247 g/mol. The van der Waals surface area contributed by atoms with Crippen molar-refractivity contribution in [1.29, 1.82) is 0 Å². The second kappa shape index (κ2) is 5.67. The number of hydrogen-bond acceptors (Lipinski definition) is 3. The molecule has 0 aliphatic heterocycles. The number of para-hydroxylation sites is 2. The molecular formula is C14H17NO3. The Balaban J connectivity index is 2.27. The lowest BCUT2D eigenvalue weighted by Gasteiger charge is -1.98. The van der Waals surface area contributed by atoms with Gasteiger partial charge in [0.05, 0.1) is 0 Å². The van der Waals surface area contributed by atoms with Crippen molar-refractivity contribution in [3.8, 4) is 0 Å². The molecule has 0 saturated carbocycles. The average molecular weight is 247 g/mol. The van der Waals surface area contributed by atoms with E-state index in [1.165, 1.54) is 0 Å². The molecule has 1 aromatic heterocycles. The third-order valence-electron chi connectivity index (χ3n) is 3.02. The van der Waals surface area contributed by atoms with Gasteiger partial charge in [-0.2, -0.15) is 4.57 Å². The molecule has 0 radical (unpaired) electrons. The van der Waals surface area contributed by atoms with Crippen molar-refractivity contribution in [3.63, 3.8) is 0 Å². The van der Waals surface area contributed by atoms with Crippen LogP contribution >= 0.6 is 0 Å². The van der Waals surface area contributed by atoms with Crippen molar-refractivity contribution < 1.29 is 18.9 Å². The normalized spacial score (nSPS) is 10.9. The van der Waals surface area contributed by atoms with Crippen LogP contribution in [0.2, 0.25) is 0 Å². The van der Waals surface area contributed by atoms with Gasteiger partial charge < -0.3 is 14.3 Å². The fourth-order valence-electron chi connectivity index (χ4n) is 2.11. The van der Waals surface area contributed by atoms with Gasteiger partial charge in [0, 0.05) is 12.5 Å². The number of rotatable bonds is 6. The van der Waals surface area contributed by atoms with Crippen molar-refractivity contribution in [1.82, 2.24) is 0 Å². The summed E-state index contributed by atoms with van der Waals surface area (Å²) in [5.41, 5.74) is 1.40. The molecule has 1 heterocycles. The van der Waals surface area contributed by atoms with Crippen molar-refractivity contribution in [2.45, 2.75) is 39.2 Å². The van der Waals surface area contributed by atoms with Crippen LogP contribution in [0.25, 0.3) is 11.1 Å². The van der Waals surface area contributed by atoms with Gasteiger partial charge in [0.1, 0.15) is 0 Å². The second-order valence-corrected chi connectivity index (χ2v) is 4.37. The topological polar surface area (TPSA) is 57.1 Å². The van der Waals surface area contributed by atoms with Crippen molar-refractivity contribution in [3.05, 3.63) is 30.2 Å². The third-order valence-corrected chi connectivity index (χ3v) is 3.02. The van der Waals surface area contributed by atoms with Gasteiger partial charge in [-0.3, -0.25) is 0 Å². The molecule has 0 saturated heterocycles. The van der Waals surface area contributed by atoms with E-state index in [0.29, 0.717) is 12.1 Å². The highest BCUT2D eigenvalue weighted by Gasteiger charge is 2.22. The molecule has 96 valence electrons. The molecule has 1 aromatic carbocycles. The van der Waals surface area contributed by atoms with Gasteiger partial charge in [0.25, 0.3) is 5.52 Å². The number of carboxylic acids is 1. The lowest BCUT2D eigenvalue weighted by Crippen LogP contribution is -2.42. The van der Waals surface area contributed by atoms with Crippen LogP contribution in [0, 0.1) is 0 Å². The summed E-state index contributed by atoms with van der Waals surface area (Å²) < 4.78 is 7.01. The Morgan fingerprint density at radius 3 is 2.78 bits per heavy atom. The number of carboxylic acid groups (broad SMARTS) is 1. The first kappa shape index (κ1) is 12.6. The van der Waals surface area contributed by atoms with Crippen LogP contribution in [0.3, 0.4) is 0 Å². The molecule has 2 rings (SSSR count). The number of carbonyl (C=O) groups is 1. The van der Waals surface area contributed by atoms with Crippen LogP contribution in [-0.2, 0) is 6.54 Å². The number of oxazole rings is 1. The molecule has 0 aliphatic carbocycles. The van der Waals surface area contributed by atoms with Crippen LogP contribution in [0.15, 0.2) is 28.7 Å². The highest BCUT2D eigenvalue weighted by Crippen LogP contribution is 2.13. The highest BCUT2D eigenvalue weighted by molar-refractivity contribution is 5.81. The Kier molecular flexibility index (Phi) is 3.97. The number of nitrogens with zero attached hydrogens (tertiary/aromatic N) is 1. The standard InChI is InChI=1S/C14H17NO3/c1-2-3-4-7-10-15-11-8-5-6-9-12(11)18-13(15)14(16)17/h5-6,8-9H,2-4,7,10H2,1H3. The third kappa shape index (κ3) is 2.53. The number of aryl methyl sites for hydroxylation is 1. The van der Waals surface area contributed by atoms with E-state index >= 15 is 0 Å². The van der Waals surface area contributed by atoms with Crippen molar-refractivity contribution in [2.24, 2.45) is 0 Å². The predicted molar refractivity (Wildman–Crippen MR) is 64.9 cm³/mol. The molecule has 0 aliphatic rings. The quantitative estimate of drug-likeness (QED) is 0.576. The van der Waals surface area contributed by atoms with E-state index in [9.17, 15) is 9.90 Å². The van der Waals surface area contributed by atoms with E-state index in [1.54, 1.807) is 10.6 Å². The largest absolute Gasteiger partial charge is 0.537 e. The van der Waals surface area contributed by atoms with Crippen LogP contribution in [-0.4, -0.2) is 5.97 Å². The van der Waals surface area contributed by atoms with E-state index in [-0.39, 0.29) is 5.89 Å². The molecule has 2 aromatic rings. The first-order chi connectivity index (χ1) is 8.74. The fraction of sp³-hybridized carbons (Fsp3) is 0.429. The first-order valence-corrected chi connectivity index (χ1v) is 6.36. The minimum atomic E-state index is -1.26. The van der Waals surface area contributed by atoms with E-state index in [2.05, 4.69) is 6.92 Å². The van der Waals surface area contributed by atoms with Gasteiger partial charge in [-0.25, -0.2) is 0 Å². The van der Waals surface area contributed by atoms with E-state index in [1.807, 2.05) is 18.2 Å². The van der Waals surface area contributed by atoms with Crippen molar-refractivity contribution in [2.75, 3.05) is 0 Å². The predicted octanol–water partition coefficient (Wildman–Crippen LogP) is 1.66. The minimum absolute atomic E-state index is 0.0901. The summed E-state index contributed by atoms with van der Waals surface area (Å²) in [6.07, 6.45) is 4.36. The fourth-order valence-corrected chi connectivity index (χ4v) is 2.11. The molecule has 0 fully saturated rings. The van der Waals surface area contributed by atoms with Crippen LogP contribution in [0.5, 0.6) is 0 Å². The minimum Gasteiger partial charge on any atom is -0.537 e. The van der Waals surface area contributed by atoms with E-state index in [0.717, 1.165) is 31.2 Å². The van der Waals surface area contributed by atoms with Gasteiger partial charge in [-0.1, -0.05) is 31.9 Å². The maximum absolute atomic E-state index is 11.1. The van der Waals surface area contributed by atoms with Gasteiger partial charge in [-0.05, 0) is 12.5 Å². The number of aromatic carboxylic acids is 1. The molecule has 4 heteroatoms. The van der Waals surface area contributed by atoms with Gasteiger partial charge in [0.15, 0.2) is 12.5 Å². The number of aromatic nitrogens is 1. The molecule has 18 heavy (non-hydrogen) atoms. The Morgan fingerprint density at radius 2 is 2.06 bits per heavy atom. The SMILES string of the molecule is CCCCCC[n+]1c(C(=O)[O-])oc2ccccc21. The zero-order valence-electron chi connectivity index (χ0n) is 10.5.